The predicted molar refractivity (Wildman–Crippen MR) is 51.1 cm³/mol. The number of likely N-dealkylation sites (N-methyl/N-ethyl adjacent to an activating group) is 1. The molecule has 1 atom stereocenters. The van der Waals surface area contributed by atoms with E-state index in [1.807, 2.05) is 6.07 Å². The number of hydrogen-bond acceptors (Lipinski definition) is 1. The lowest BCUT2D eigenvalue weighted by molar-refractivity contribution is 0.247. The highest BCUT2D eigenvalue weighted by atomic mass is 19.1. The molecule has 2 heteroatoms. The molecular formula is C11H14FN. The maximum atomic E-state index is 13.0. The summed E-state index contributed by atoms with van der Waals surface area (Å²) < 4.78 is 13.0. The van der Waals surface area contributed by atoms with Crippen LogP contribution in [0.3, 0.4) is 0 Å². The van der Waals surface area contributed by atoms with Crippen LogP contribution in [0.1, 0.15) is 24.1 Å². The topological polar surface area (TPSA) is 3.24 Å². The highest BCUT2D eigenvalue weighted by Gasteiger charge is 2.20. The average molecular weight is 179 g/mol. The summed E-state index contributed by atoms with van der Waals surface area (Å²) in [5, 5.41) is 0. The van der Waals surface area contributed by atoms with Crippen LogP contribution in [0.4, 0.5) is 4.39 Å². The Hall–Kier alpha value is -0.890. The summed E-state index contributed by atoms with van der Waals surface area (Å²) in [6.07, 6.45) is 1.04. The van der Waals surface area contributed by atoms with Gasteiger partial charge in [0.2, 0.25) is 0 Å². The number of hydrogen-bond donors (Lipinski definition) is 0. The molecule has 0 saturated carbocycles. The van der Waals surface area contributed by atoms with E-state index in [0.717, 1.165) is 18.5 Å². The Labute approximate surface area is 78.2 Å². The monoisotopic (exact) mass is 179 g/mol. The summed E-state index contributed by atoms with van der Waals surface area (Å²) in [5.74, 6) is -0.124. The molecule has 1 heterocycles. The van der Waals surface area contributed by atoms with Gasteiger partial charge in [-0.3, -0.25) is 4.90 Å². The zero-order valence-electron chi connectivity index (χ0n) is 8.05. The van der Waals surface area contributed by atoms with Crippen molar-refractivity contribution in [3.8, 4) is 0 Å². The number of halogens is 1. The molecule has 70 valence electrons. The average Bonchev–Trinajstić information content (AvgIpc) is 2.12. The fourth-order valence-electron chi connectivity index (χ4n) is 1.91. The summed E-state index contributed by atoms with van der Waals surface area (Å²) in [6, 6.07) is 5.47. The Morgan fingerprint density at radius 2 is 2.23 bits per heavy atom. The first kappa shape index (κ1) is 8.70. The number of fused-ring (bicyclic) bond motifs is 1. The first-order valence-corrected chi connectivity index (χ1v) is 4.67. The molecule has 0 N–H and O–H groups in total. The maximum absolute atomic E-state index is 13.0. The molecule has 0 spiro atoms. The minimum atomic E-state index is -0.124. The predicted octanol–water partition coefficient (Wildman–Crippen LogP) is 2.37. The standard InChI is InChI=1S/C11H14FN/c1-8-11-7-10(12)4-3-9(11)5-6-13(8)2/h3-4,7-8H,5-6H2,1-2H3/t8-/m1/s1. The van der Waals surface area contributed by atoms with E-state index in [1.54, 1.807) is 12.1 Å². The van der Waals surface area contributed by atoms with Gasteiger partial charge in [-0.2, -0.15) is 0 Å². The molecule has 0 saturated heterocycles. The Balaban J connectivity index is 2.45. The molecule has 1 aliphatic rings. The molecule has 2 rings (SSSR count). The van der Waals surface area contributed by atoms with Crippen molar-refractivity contribution in [2.45, 2.75) is 19.4 Å². The third-order valence-corrected chi connectivity index (χ3v) is 2.95. The Morgan fingerprint density at radius 1 is 1.46 bits per heavy atom. The lowest BCUT2D eigenvalue weighted by Gasteiger charge is -2.31. The van der Waals surface area contributed by atoms with Crippen molar-refractivity contribution in [3.63, 3.8) is 0 Å². The SMILES string of the molecule is C[C@@H]1c2cc(F)ccc2CCN1C. The van der Waals surface area contributed by atoms with Crippen molar-refractivity contribution in [2.24, 2.45) is 0 Å². The van der Waals surface area contributed by atoms with Crippen LogP contribution < -0.4 is 0 Å². The molecule has 1 aromatic carbocycles. The molecule has 0 radical (unpaired) electrons. The highest BCUT2D eigenvalue weighted by molar-refractivity contribution is 5.32. The van der Waals surface area contributed by atoms with Crippen LogP contribution in [0, 0.1) is 5.82 Å². The minimum absolute atomic E-state index is 0.124. The van der Waals surface area contributed by atoms with E-state index in [9.17, 15) is 4.39 Å². The van der Waals surface area contributed by atoms with Crippen molar-refractivity contribution >= 4 is 0 Å². The second-order valence-electron chi connectivity index (χ2n) is 3.75. The zero-order valence-corrected chi connectivity index (χ0v) is 8.05. The second kappa shape index (κ2) is 3.11. The van der Waals surface area contributed by atoms with Crippen LogP contribution in [-0.4, -0.2) is 18.5 Å². The molecule has 0 fully saturated rings. The van der Waals surface area contributed by atoms with E-state index in [-0.39, 0.29) is 5.82 Å². The van der Waals surface area contributed by atoms with Gasteiger partial charge in [-0.15, -0.1) is 0 Å². The Kier molecular flexibility index (Phi) is 2.08. The molecule has 1 aromatic rings. The first-order valence-electron chi connectivity index (χ1n) is 4.67. The van der Waals surface area contributed by atoms with Crippen LogP contribution in [0.25, 0.3) is 0 Å². The van der Waals surface area contributed by atoms with E-state index in [1.165, 1.54) is 5.56 Å². The zero-order chi connectivity index (χ0) is 9.42. The van der Waals surface area contributed by atoms with Gasteiger partial charge in [-0.25, -0.2) is 4.39 Å². The van der Waals surface area contributed by atoms with Crippen molar-refractivity contribution < 1.29 is 4.39 Å². The van der Waals surface area contributed by atoms with E-state index in [4.69, 9.17) is 0 Å². The summed E-state index contributed by atoms with van der Waals surface area (Å²) in [7, 11) is 2.08. The van der Waals surface area contributed by atoms with Gasteiger partial charge in [-0.05, 0) is 43.7 Å². The van der Waals surface area contributed by atoms with Crippen LogP contribution in [-0.2, 0) is 6.42 Å². The molecule has 0 unspecified atom stereocenters. The normalized spacial score (nSPS) is 22.8. The molecule has 0 bridgehead atoms. The molecule has 1 aliphatic heterocycles. The lowest BCUT2D eigenvalue weighted by Crippen LogP contribution is -2.30. The van der Waals surface area contributed by atoms with E-state index in [2.05, 4.69) is 18.9 Å². The van der Waals surface area contributed by atoms with Crippen LogP contribution in [0.5, 0.6) is 0 Å². The van der Waals surface area contributed by atoms with E-state index >= 15 is 0 Å². The summed E-state index contributed by atoms with van der Waals surface area (Å²) in [5.41, 5.74) is 2.45. The van der Waals surface area contributed by atoms with Gasteiger partial charge < -0.3 is 0 Å². The highest BCUT2D eigenvalue weighted by Crippen LogP contribution is 2.28. The van der Waals surface area contributed by atoms with Crippen LogP contribution in [0.2, 0.25) is 0 Å². The van der Waals surface area contributed by atoms with Crippen molar-refractivity contribution in [2.75, 3.05) is 13.6 Å². The fourth-order valence-corrected chi connectivity index (χ4v) is 1.91. The van der Waals surface area contributed by atoms with Crippen LogP contribution >= 0.6 is 0 Å². The smallest absolute Gasteiger partial charge is 0.123 e. The molecular weight excluding hydrogens is 165 g/mol. The minimum Gasteiger partial charge on any atom is -0.299 e. The molecule has 13 heavy (non-hydrogen) atoms. The first-order chi connectivity index (χ1) is 6.18. The summed E-state index contributed by atoms with van der Waals surface area (Å²) >= 11 is 0. The summed E-state index contributed by atoms with van der Waals surface area (Å²) in [6.45, 7) is 3.19. The van der Waals surface area contributed by atoms with Gasteiger partial charge in [0.05, 0.1) is 0 Å². The number of rotatable bonds is 0. The van der Waals surface area contributed by atoms with E-state index < -0.39 is 0 Å². The van der Waals surface area contributed by atoms with Crippen molar-refractivity contribution in [1.29, 1.82) is 0 Å². The largest absolute Gasteiger partial charge is 0.299 e. The van der Waals surface area contributed by atoms with Gasteiger partial charge in [0, 0.05) is 12.6 Å². The van der Waals surface area contributed by atoms with Gasteiger partial charge in [0.25, 0.3) is 0 Å². The molecule has 0 amide bonds. The Bertz CT molecular complexity index is 322. The molecule has 0 aliphatic carbocycles. The third kappa shape index (κ3) is 1.46. The molecule has 0 aromatic heterocycles. The maximum Gasteiger partial charge on any atom is 0.123 e. The third-order valence-electron chi connectivity index (χ3n) is 2.95. The Morgan fingerprint density at radius 3 is 3.00 bits per heavy atom. The summed E-state index contributed by atoms with van der Waals surface area (Å²) in [4.78, 5) is 2.25. The second-order valence-corrected chi connectivity index (χ2v) is 3.75. The van der Waals surface area contributed by atoms with E-state index in [0.29, 0.717) is 6.04 Å². The fraction of sp³-hybridized carbons (Fsp3) is 0.455. The van der Waals surface area contributed by atoms with Gasteiger partial charge in [0.15, 0.2) is 0 Å². The quantitative estimate of drug-likeness (QED) is 0.591. The van der Waals surface area contributed by atoms with Crippen molar-refractivity contribution in [3.05, 3.63) is 35.1 Å². The van der Waals surface area contributed by atoms with Gasteiger partial charge >= 0.3 is 0 Å². The number of nitrogens with zero attached hydrogens (tertiary/aromatic N) is 1. The van der Waals surface area contributed by atoms with Crippen LogP contribution in [0.15, 0.2) is 18.2 Å². The number of benzene rings is 1. The lowest BCUT2D eigenvalue weighted by atomic mass is 9.94. The van der Waals surface area contributed by atoms with Gasteiger partial charge in [-0.1, -0.05) is 6.07 Å². The van der Waals surface area contributed by atoms with Crippen molar-refractivity contribution in [1.82, 2.24) is 4.90 Å². The molecule has 1 nitrogen and oxygen atoms in total. The van der Waals surface area contributed by atoms with Gasteiger partial charge in [0.1, 0.15) is 5.82 Å².